The van der Waals surface area contributed by atoms with Crippen molar-refractivity contribution in [1.29, 1.82) is 0 Å². The zero-order valence-electron chi connectivity index (χ0n) is 12.7. The quantitative estimate of drug-likeness (QED) is 0.716. The maximum atomic E-state index is 11.7. The normalized spacial score (nSPS) is 14.9. The van der Waals surface area contributed by atoms with Gasteiger partial charge in [-0.1, -0.05) is 35.6 Å². The third kappa shape index (κ3) is 2.72. The van der Waals surface area contributed by atoms with Gasteiger partial charge in [-0.3, -0.25) is 0 Å². The third-order valence-electron chi connectivity index (χ3n) is 4.18. The highest BCUT2D eigenvalue weighted by Gasteiger charge is 2.19. The predicted molar refractivity (Wildman–Crippen MR) is 93.9 cm³/mol. The highest BCUT2D eigenvalue weighted by atomic mass is 32.2. The van der Waals surface area contributed by atoms with Gasteiger partial charge in [0.2, 0.25) is 0 Å². The molecule has 118 valence electrons. The van der Waals surface area contributed by atoms with E-state index >= 15 is 0 Å². The van der Waals surface area contributed by atoms with Gasteiger partial charge in [0.05, 0.1) is 15.1 Å². The molecular weight excluding hydrogens is 328 g/mol. The first-order valence-corrected chi connectivity index (χ1v) is 10.1. The summed E-state index contributed by atoms with van der Waals surface area (Å²) in [5, 5.41) is 0.958. The van der Waals surface area contributed by atoms with Crippen molar-refractivity contribution < 1.29 is 8.42 Å². The van der Waals surface area contributed by atoms with Crippen LogP contribution in [-0.2, 0) is 22.8 Å². The molecule has 1 aliphatic heterocycles. The molecule has 0 saturated carbocycles. The van der Waals surface area contributed by atoms with Crippen LogP contribution in [0.5, 0.6) is 0 Å². The molecule has 0 fully saturated rings. The maximum absolute atomic E-state index is 11.7. The molecule has 1 aliphatic rings. The Balaban J connectivity index is 1.70. The van der Waals surface area contributed by atoms with E-state index in [9.17, 15) is 8.42 Å². The molecule has 0 bridgehead atoms. The Hall–Kier alpha value is -1.92. The fourth-order valence-electron chi connectivity index (χ4n) is 2.92. The molecule has 0 spiro atoms. The number of nitrogens with zero attached hydrogens (tertiary/aromatic N) is 2. The molecule has 0 aliphatic carbocycles. The Morgan fingerprint density at radius 3 is 2.70 bits per heavy atom. The van der Waals surface area contributed by atoms with Crippen LogP contribution < -0.4 is 4.90 Å². The summed E-state index contributed by atoms with van der Waals surface area (Å²) in [5.74, 6) is 0. The van der Waals surface area contributed by atoms with Gasteiger partial charge >= 0.3 is 0 Å². The highest BCUT2D eigenvalue weighted by Crippen LogP contribution is 2.33. The van der Waals surface area contributed by atoms with Crippen LogP contribution in [0, 0.1) is 0 Å². The molecule has 6 heteroatoms. The van der Waals surface area contributed by atoms with E-state index in [1.807, 2.05) is 0 Å². The topological polar surface area (TPSA) is 50.3 Å². The second-order valence-corrected chi connectivity index (χ2v) is 8.86. The molecule has 2 heterocycles. The number of sulfone groups is 1. The summed E-state index contributed by atoms with van der Waals surface area (Å²) in [7, 11) is -3.18. The molecular formula is C17H16N2O2S2. The number of anilines is 1. The van der Waals surface area contributed by atoms with E-state index in [2.05, 4.69) is 34.1 Å². The molecule has 0 atom stereocenters. The van der Waals surface area contributed by atoms with Crippen molar-refractivity contribution in [3.8, 4) is 0 Å². The second kappa shape index (κ2) is 5.32. The molecule has 0 saturated heterocycles. The van der Waals surface area contributed by atoms with Gasteiger partial charge in [-0.15, -0.1) is 0 Å². The van der Waals surface area contributed by atoms with Crippen molar-refractivity contribution in [1.82, 2.24) is 4.98 Å². The zero-order chi connectivity index (χ0) is 16.0. The number of benzene rings is 2. The van der Waals surface area contributed by atoms with Gasteiger partial charge in [-0.05, 0) is 35.7 Å². The molecule has 2 aromatic carbocycles. The van der Waals surface area contributed by atoms with Crippen molar-refractivity contribution in [3.63, 3.8) is 0 Å². The van der Waals surface area contributed by atoms with Crippen molar-refractivity contribution in [3.05, 3.63) is 53.6 Å². The minimum atomic E-state index is -3.18. The first kappa shape index (κ1) is 14.7. The Labute approximate surface area is 139 Å². The Morgan fingerprint density at radius 2 is 1.91 bits per heavy atom. The number of fused-ring (bicyclic) bond motifs is 2. The van der Waals surface area contributed by atoms with Gasteiger partial charge in [0.15, 0.2) is 15.0 Å². The Morgan fingerprint density at radius 1 is 1.13 bits per heavy atom. The van der Waals surface area contributed by atoms with Gasteiger partial charge in [0, 0.05) is 19.3 Å². The average Bonchev–Trinajstić information content (AvgIpc) is 2.96. The van der Waals surface area contributed by atoms with Gasteiger partial charge in [0.25, 0.3) is 0 Å². The molecule has 4 nitrogen and oxygen atoms in total. The number of rotatable bonds is 2. The van der Waals surface area contributed by atoms with Crippen LogP contribution in [0.15, 0.2) is 47.4 Å². The average molecular weight is 344 g/mol. The van der Waals surface area contributed by atoms with E-state index in [0.717, 1.165) is 34.9 Å². The molecule has 0 radical (unpaired) electrons. The van der Waals surface area contributed by atoms with Crippen molar-refractivity contribution >= 4 is 36.5 Å². The van der Waals surface area contributed by atoms with Crippen LogP contribution in [-0.4, -0.2) is 26.2 Å². The van der Waals surface area contributed by atoms with E-state index in [1.165, 1.54) is 17.4 Å². The largest absolute Gasteiger partial charge is 0.343 e. The van der Waals surface area contributed by atoms with E-state index < -0.39 is 9.84 Å². The van der Waals surface area contributed by atoms with Crippen LogP contribution in [0.1, 0.15) is 11.1 Å². The molecule has 23 heavy (non-hydrogen) atoms. The molecule has 0 N–H and O–H groups in total. The van der Waals surface area contributed by atoms with Gasteiger partial charge in [0.1, 0.15) is 0 Å². The smallest absolute Gasteiger partial charge is 0.186 e. The van der Waals surface area contributed by atoms with Crippen molar-refractivity contribution in [2.45, 2.75) is 17.9 Å². The van der Waals surface area contributed by atoms with Crippen LogP contribution in [0.2, 0.25) is 0 Å². The number of hydrogen-bond donors (Lipinski definition) is 0. The molecule has 0 amide bonds. The second-order valence-electron chi connectivity index (χ2n) is 5.84. The number of hydrogen-bond acceptors (Lipinski definition) is 5. The summed E-state index contributed by atoms with van der Waals surface area (Å²) in [4.78, 5) is 7.30. The summed E-state index contributed by atoms with van der Waals surface area (Å²) >= 11 is 1.56. The lowest BCUT2D eigenvalue weighted by Gasteiger charge is -2.28. The van der Waals surface area contributed by atoms with Crippen LogP contribution in [0.4, 0.5) is 5.13 Å². The SMILES string of the molecule is CS(=O)(=O)c1ccc2nc(N3CCc4ccccc4C3)sc2c1. The van der Waals surface area contributed by atoms with Crippen molar-refractivity contribution in [2.75, 3.05) is 17.7 Å². The first-order chi connectivity index (χ1) is 11.0. The van der Waals surface area contributed by atoms with Gasteiger partial charge in [-0.25, -0.2) is 13.4 Å². The molecule has 0 unspecified atom stereocenters. The minimum absolute atomic E-state index is 0.351. The lowest BCUT2D eigenvalue weighted by molar-refractivity contribution is 0.602. The minimum Gasteiger partial charge on any atom is -0.343 e. The van der Waals surface area contributed by atoms with E-state index in [0.29, 0.717) is 4.90 Å². The van der Waals surface area contributed by atoms with Crippen LogP contribution in [0.3, 0.4) is 0 Å². The monoisotopic (exact) mass is 344 g/mol. The number of thiazole rings is 1. The third-order valence-corrected chi connectivity index (χ3v) is 6.37. The lowest BCUT2D eigenvalue weighted by atomic mass is 10.0. The van der Waals surface area contributed by atoms with E-state index in [1.54, 1.807) is 29.5 Å². The maximum Gasteiger partial charge on any atom is 0.186 e. The summed E-state index contributed by atoms with van der Waals surface area (Å²) in [6.07, 6.45) is 2.25. The van der Waals surface area contributed by atoms with Gasteiger partial charge in [-0.2, -0.15) is 0 Å². The molecule has 1 aromatic heterocycles. The molecule has 3 aromatic rings. The predicted octanol–water partition coefficient (Wildman–Crippen LogP) is 3.26. The summed E-state index contributed by atoms with van der Waals surface area (Å²) < 4.78 is 24.3. The summed E-state index contributed by atoms with van der Waals surface area (Å²) in [6.45, 7) is 1.80. The van der Waals surface area contributed by atoms with Gasteiger partial charge < -0.3 is 4.90 Å². The van der Waals surface area contributed by atoms with Crippen LogP contribution in [0.25, 0.3) is 10.2 Å². The highest BCUT2D eigenvalue weighted by molar-refractivity contribution is 7.90. The standard InChI is InChI=1S/C17H16N2O2S2/c1-23(20,21)14-6-7-15-16(10-14)22-17(18-15)19-9-8-12-4-2-3-5-13(12)11-19/h2-7,10H,8-9,11H2,1H3. The van der Waals surface area contributed by atoms with E-state index in [-0.39, 0.29) is 0 Å². The Kier molecular flexibility index (Phi) is 3.39. The Bertz CT molecular complexity index is 993. The lowest BCUT2D eigenvalue weighted by Crippen LogP contribution is -2.30. The zero-order valence-corrected chi connectivity index (χ0v) is 14.3. The molecule has 4 rings (SSSR count). The number of aromatic nitrogens is 1. The van der Waals surface area contributed by atoms with Crippen LogP contribution >= 0.6 is 11.3 Å². The van der Waals surface area contributed by atoms with Crippen molar-refractivity contribution in [2.24, 2.45) is 0 Å². The summed E-state index contributed by atoms with van der Waals surface area (Å²) in [5.41, 5.74) is 3.61. The summed E-state index contributed by atoms with van der Waals surface area (Å²) in [6, 6.07) is 13.7. The van der Waals surface area contributed by atoms with E-state index in [4.69, 9.17) is 0 Å². The first-order valence-electron chi connectivity index (χ1n) is 7.43. The fourth-order valence-corrected chi connectivity index (χ4v) is 4.67. The fraction of sp³-hybridized carbons (Fsp3) is 0.235.